The molecule has 0 saturated heterocycles. The molecule has 0 radical (unpaired) electrons. The van der Waals surface area contributed by atoms with Gasteiger partial charge in [0.15, 0.2) is 0 Å². The number of carbonyl (C=O) groups excluding carboxylic acids is 2. The number of rotatable bonds is 5. The summed E-state index contributed by atoms with van der Waals surface area (Å²) in [5.74, 6) is 0.0169. The van der Waals surface area contributed by atoms with E-state index in [2.05, 4.69) is 0 Å². The van der Waals surface area contributed by atoms with Crippen LogP contribution in [0.2, 0.25) is 5.02 Å². The van der Waals surface area contributed by atoms with Gasteiger partial charge in [-0.05, 0) is 42.0 Å². The van der Waals surface area contributed by atoms with Crippen LogP contribution >= 0.6 is 11.6 Å². The average molecular weight is 381 g/mol. The molecule has 0 aliphatic heterocycles. The number of hydrogen-bond acceptors (Lipinski definition) is 3. The van der Waals surface area contributed by atoms with E-state index in [1.165, 1.54) is 6.07 Å². The SMILES string of the molecule is NC(=O)N(C(=O)c1ccccc1Cl)c1ccc(OCc2ccccc2)cc1. The van der Waals surface area contributed by atoms with Gasteiger partial charge in [-0.15, -0.1) is 0 Å². The zero-order valence-corrected chi connectivity index (χ0v) is 15.1. The molecule has 0 saturated carbocycles. The van der Waals surface area contributed by atoms with Gasteiger partial charge >= 0.3 is 6.03 Å². The minimum absolute atomic E-state index is 0.197. The lowest BCUT2D eigenvalue weighted by molar-refractivity contribution is 0.0995. The molecule has 0 fully saturated rings. The van der Waals surface area contributed by atoms with Crippen LogP contribution < -0.4 is 15.4 Å². The molecule has 3 rings (SSSR count). The number of halogens is 1. The first-order valence-electron chi connectivity index (χ1n) is 8.21. The highest BCUT2D eigenvalue weighted by Gasteiger charge is 2.24. The highest BCUT2D eigenvalue weighted by Crippen LogP contribution is 2.24. The van der Waals surface area contributed by atoms with Crippen LogP contribution in [-0.4, -0.2) is 11.9 Å². The lowest BCUT2D eigenvalue weighted by Crippen LogP contribution is -2.41. The molecule has 0 aromatic heterocycles. The second kappa shape index (κ2) is 8.38. The van der Waals surface area contributed by atoms with Crippen molar-refractivity contribution in [3.63, 3.8) is 0 Å². The van der Waals surface area contributed by atoms with Gasteiger partial charge in [0.2, 0.25) is 0 Å². The number of nitrogens with zero attached hydrogens (tertiary/aromatic N) is 1. The van der Waals surface area contributed by atoms with Crippen LogP contribution in [0.1, 0.15) is 15.9 Å². The largest absolute Gasteiger partial charge is 0.489 e. The van der Waals surface area contributed by atoms with Crippen molar-refractivity contribution in [2.45, 2.75) is 6.61 Å². The third kappa shape index (κ3) is 4.46. The van der Waals surface area contributed by atoms with Gasteiger partial charge in [-0.3, -0.25) is 4.79 Å². The zero-order valence-electron chi connectivity index (χ0n) is 14.3. The van der Waals surface area contributed by atoms with Crippen molar-refractivity contribution < 1.29 is 14.3 Å². The van der Waals surface area contributed by atoms with Gasteiger partial charge in [0.1, 0.15) is 12.4 Å². The maximum atomic E-state index is 12.7. The van der Waals surface area contributed by atoms with Gasteiger partial charge in [0.05, 0.1) is 16.3 Å². The van der Waals surface area contributed by atoms with E-state index >= 15 is 0 Å². The van der Waals surface area contributed by atoms with E-state index in [-0.39, 0.29) is 10.6 Å². The van der Waals surface area contributed by atoms with Crippen LogP contribution in [0.4, 0.5) is 10.5 Å². The van der Waals surface area contributed by atoms with Gasteiger partial charge < -0.3 is 10.5 Å². The molecule has 0 unspecified atom stereocenters. The maximum absolute atomic E-state index is 12.7. The van der Waals surface area contributed by atoms with E-state index in [9.17, 15) is 9.59 Å². The number of carbonyl (C=O) groups is 2. The molecule has 3 aromatic carbocycles. The minimum atomic E-state index is -0.891. The Morgan fingerprint density at radius 1 is 0.889 bits per heavy atom. The standard InChI is InChI=1S/C21H17ClN2O3/c22-19-9-5-4-8-18(19)20(25)24(21(23)26)16-10-12-17(13-11-16)27-14-15-6-2-1-3-7-15/h1-13H,14H2,(H2,23,26). The Hall–Kier alpha value is -3.31. The summed E-state index contributed by atoms with van der Waals surface area (Å²) in [6.07, 6.45) is 0. The number of nitrogens with two attached hydrogens (primary N) is 1. The second-order valence-electron chi connectivity index (χ2n) is 5.73. The Kier molecular flexibility index (Phi) is 5.74. The molecule has 0 heterocycles. The van der Waals surface area contributed by atoms with Crippen LogP contribution in [0.15, 0.2) is 78.9 Å². The summed E-state index contributed by atoms with van der Waals surface area (Å²) in [7, 11) is 0. The molecule has 3 aromatic rings. The number of anilines is 1. The van der Waals surface area contributed by atoms with Crippen molar-refractivity contribution in [3.05, 3.63) is 95.0 Å². The van der Waals surface area contributed by atoms with Crippen molar-refractivity contribution in [2.24, 2.45) is 5.73 Å². The Morgan fingerprint density at radius 3 is 2.15 bits per heavy atom. The number of primary amides is 1. The zero-order chi connectivity index (χ0) is 19.2. The summed E-state index contributed by atoms with van der Waals surface area (Å²) >= 11 is 6.06. The third-order valence-corrected chi connectivity index (χ3v) is 4.20. The maximum Gasteiger partial charge on any atom is 0.326 e. The normalized spacial score (nSPS) is 10.3. The summed E-state index contributed by atoms with van der Waals surface area (Å²) in [6, 6.07) is 21.9. The summed E-state index contributed by atoms with van der Waals surface area (Å²) in [5.41, 5.74) is 6.99. The first kappa shape index (κ1) is 18.5. The smallest absolute Gasteiger partial charge is 0.326 e. The first-order valence-corrected chi connectivity index (χ1v) is 8.59. The lowest BCUT2D eigenvalue weighted by atomic mass is 10.2. The van der Waals surface area contributed by atoms with Crippen molar-refractivity contribution in [2.75, 3.05) is 4.90 Å². The van der Waals surface area contributed by atoms with E-state index in [4.69, 9.17) is 22.1 Å². The predicted molar refractivity (Wildman–Crippen MR) is 105 cm³/mol. The average Bonchev–Trinajstić information content (AvgIpc) is 2.68. The molecule has 0 bridgehead atoms. The van der Waals surface area contributed by atoms with Crippen molar-refractivity contribution in [1.82, 2.24) is 0 Å². The minimum Gasteiger partial charge on any atom is -0.489 e. The number of hydrogen-bond donors (Lipinski definition) is 1. The van der Waals surface area contributed by atoms with E-state index in [0.717, 1.165) is 10.5 Å². The molecule has 2 N–H and O–H groups in total. The van der Waals surface area contributed by atoms with Crippen molar-refractivity contribution >= 4 is 29.2 Å². The van der Waals surface area contributed by atoms with E-state index in [1.54, 1.807) is 42.5 Å². The first-order chi connectivity index (χ1) is 13.1. The van der Waals surface area contributed by atoms with Crippen LogP contribution in [0.3, 0.4) is 0 Å². The quantitative estimate of drug-likeness (QED) is 0.700. The predicted octanol–water partition coefficient (Wildman–Crippen LogP) is 4.64. The fourth-order valence-corrected chi connectivity index (χ4v) is 2.75. The van der Waals surface area contributed by atoms with Crippen LogP contribution in [0.5, 0.6) is 5.75 Å². The van der Waals surface area contributed by atoms with E-state index in [1.807, 2.05) is 30.3 Å². The number of urea groups is 1. The molecule has 0 aliphatic carbocycles. The molecule has 0 aliphatic rings. The number of imide groups is 1. The van der Waals surface area contributed by atoms with Gasteiger partial charge in [-0.1, -0.05) is 54.1 Å². The topological polar surface area (TPSA) is 72.6 Å². The lowest BCUT2D eigenvalue weighted by Gasteiger charge is -2.19. The Balaban J connectivity index is 1.77. The highest BCUT2D eigenvalue weighted by molar-refractivity contribution is 6.35. The van der Waals surface area contributed by atoms with E-state index in [0.29, 0.717) is 18.0 Å². The van der Waals surface area contributed by atoms with Crippen LogP contribution in [-0.2, 0) is 6.61 Å². The summed E-state index contributed by atoms with van der Waals surface area (Å²) in [5, 5.41) is 0.247. The summed E-state index contributed by atoms with van der Waals surface area (Å²) in [6.45, 7) is 0.415. The van der Waals surface area contributed by atoms with E-state index < -0.39 is 11.9 Å². The molecule has 3 amide bonds. The number of ether oxygens (including phenoxy) is 1. The van der Waals surface area contributed by atoms with Crippen LogP contribution in [0.25, 0.3) is 0 Å². The number of amides is 3. The fourth-order valence-electron chi connectivity index (χ4n) is 2.53. The Bertz CT molecular complexity index is 943. The molecule has 0 atom stereocenters. The molecule has 0 spiro atoms. The highest BCUT2D eigenvalue weighted by atomic mass is 35.5. The molecule has 6 heteroatoms. The fraction of sp³-hybridized carbons (Fsp3) is 0.0476. The Labute approximate surface area is 161 Å². The van der Waals surface area contributed by atoms with Crippen molar-refractivity contribution in [1.29, 1.82) is 0 Å². The third-order valence-electron chi connectivity index (χ3n) is 3.87. The van der Waals surface area contributed by atoms with Crippen LogP contribution in [0, 0.1) is 0 Å². The van der Waals surface area contributed by atoms with Gasteiger partial charge in [0.25, 0.3) is 5.91 Å². The molecule has 136 valence electrons. The van der Waals surface area contributed by atoms with Crippen molar-refractivity contribution in [3.8, 4) is 5.75 Å². The second-order valence-corrected chi connectivity index (χ2v) is 6.13. The molecular formula is C21H17ClN2O3. The summed E-state index contributed by atoms with van der Waals surface area (Å²) in [4.78, 5) is 25.5. The monoisotopic (exact) mass is 380 g/mol. The summed E-state index contributed by atoms with van der Waals surface area (Å²) < 4.78 is 5.71. The molecule has 5 nitrogen and oxygen atoms in total. The van der Waals surface area contributed by atoms with Gasteiger partial charge in [-0.25, -0.2) is 9.69 Å². The van der Waals surface area contributed by atoms with Gasteiger partial charge in [0, 0.05) is 0 Å². The Morgan fingerprint density at radius 2 is 1.52 bits per heavy atom. The molecule has 27 heavy (non-hydrogen) atoms. The van der Waals surface area contributed by atoms with Gasteiger partial charge in [-0.2, -0.15) is 0 Å². The molecular weight excluding hydrogens is 364 g/mol. The number of benzene rings is 3.